The molecule has 10 heteroatoms. The number of halogens is 1. The molecular formula is C21H18ClN3O5S. The third-order valence-electron chi connectivity index (χ3n) is 4.55. The molecule has 0 aromatic heterocycles. The lowest BCUT2D eigenvalue weighted by Crippen LogP contribution is -2.17. The van der Waals surface area contributed by atoms with Crippen LogP contribution in [0.5, 0.6) is 0 Å². The van der Waals surface area contributed by atoms with Crippen molar-refractivity contribution in [2.24, 2.45) is 0 Å². The van der Waals surface area contributed by atoms with Crippen molar-refractivity contribution in [2.45, 2.75) is 18.7 Å². The third kappa shape index (κ3) is 5.01. The number of carbonyl (C=O) groups is 1. The number of nitro groups is 1. The molecule has 0 aliphatic rings. The van der Waals surface area contributed by atoms with Crippen molar-refractivity contribution in [3.63, 3.8) is 0 Å². The number of aryl methyl sites for hydroxylation is 2. The minimum absolute atomic E-state index is 0.0282. The molecule has 0 unspecified atom stereocenters. The van der Waals surface area contributed by atoms with Gasteiger partial charge in [0.2, 0.25) is 0 Å². The van der Waals surface area contributed by atoms with Crippen LogP contribution in [0.25, 0.3) is 0 Å². The minimum atomic E-state index is -4.07. The molecule has 8 nitrogen and oxygen atoms in total. The van der Waals surface area contributed by atoms with E-state index in [1.165, 1.54) is 30.3 Å². The maximum atomic E-state index is 12.9. The first-order chi connectivity index (χ1) is 14.6. The summed E-state index contributed by atoms with van der Waals surface area (Å²) in [6.07, 6.45) is 0. The summed E-state index contributed by atoms with van der Waals surface area (Å²) in [7, 11) is -4.07. The summed E-state index contributed by atoms with van der Waals surface area (Å²) in [5.74, 6) is -0.632. The Balaban J connectivity index is 1.92. The van der Waals surface area contributed by atoms with Gasteiger partial charge in [-0.1, -0.05) is 35.9 Å². The van der Waals surface area contributed by atoms with Crippen molar-refractivity contribution in [1.29, 1.82) is 0 Å². The van der Waals surface area contributed by atoms with Gasteiger partial charge in [-0.15, -0.1) is 0 Å². The Morgan fingerprint density at radius 3 is 2.32 bits per heavy atom. The number of hydrogen-bond acceptors (Lipinski definition) is 5. The highest BCUT2D eigenvalue weighted by atomic mass is 35.5. The van der Waals surface area contributed by atoms with Crippen LogP contribution in [0.3, 0.4) is 0 Å². The first-order valence-electron chi connectivity index (χ1n) is 9.03. The van der Waals surface area contributed by atoms with Crippen LogP contribution in [-0.2, 0) is 10.0 Å². The van der Waals surface area contributed by atoms with Gasteiger partial charge in [0.05, 0.1) is 21.3 Å². The van der Waals surface area contributed by atoms with E-state index in [0.717, 1.165) is 11.6 Å². The molecule has 0 aliphatic carbocycles. The topological polar surface area (TPSA) is 118 Å². The number of para-hydroxylation sites is 1. The number of nitrogens with zero attached hydrogens (tertiary/aromatic N) is 1. The summed E-state index contributed by atoms with van der Waals surface area (Å²) >= 11 is 6.11. The molecule has 0 spiro atoms. The number of anilines is 2. The number of sulfonamides is 1. The fourth-order valence-corrected chi connectivity index (χ4v) is 4.45. The number of amides is 1. The molecule has 0 saturated carbocycles. The highest BCUT2D eigenvalue weighted by molar-refractivity contribution is 7.92. The molecule has 1 amide bonds. The van der Waals surface area contributed by atoms with Crippen LogP contribution in [0.4, 0.5) is 17.1 Å². The monoisotopic (exact) mass is 459 g/mol. The second-order valence-corrected chi connectivity index (χ2v) is 8.83. The Morgan fingerprint density at radius 1 is 0.968 bits per heavy atom. The average Bonchev–Trinajstić information content (AvgIpc) is 2.71. The molecule has 0 atom stereocenters. The first kappa shape index (κ1) is 22.3. The number of nitrogens with one attached hydrogen (secondary N) is 2. The fourth-order valence-electron chi connectivity index (χ4n) is 2.79. The Labute approximate surface area is 184 Å². The van der Waals surface area contributed by atoms with Crippen molar-refractivity contribution < 1.29 is 18.1 Å². The number of rotatable bonds is 6. The van der Waals surface area contributed by atoms with E-state index in [1.807, 2.05) is 0 Å². The van der Waals surface area contributed by atoms with Crippen LogP contribution < -0.4 is 10.0 Å². The Hall–Kier alpha value is -3.43. The average molecular weight is 460 g/mol. The van der Waals surface area contributed by atoms with Crippen LogP contribution in [0.15, 0.2) is 65.6 Å². The largest absolute Gasteiger partial charge is 0.321 e. The third-order valence-corrected chi connectivity index (χ3v) is 6.40. The van der Waals surface area contributed by atoms with Gasteiger partial charge in [-0.25, -0.2) is 8.42 Å². The summed E-state index contributed by atoms with van der Waals surface area (Å²) in [5, 5.41) is 13.5. The maximum Gasteiger partial charge on any atom is 0.271 e. The Bertz CT molecular complexity index is 1290. The summed E-state index contributed by atoms with van der Waals surface area (Å²) in [6.45, 7) is 3.44. The minimum Gasteiger partial charge on any atom is -0.321 e. The molecule has 0 heterocycles. The van der Waals surface area contributed by atoms with Gasteiger partial charge in [-0.05, 0) is 49.2 Å². The van der Waals surface area contributed by atoms with Crippen LogP contribution >= 0.6 is 11.6 Å². The quantitative estimate of drug-likeness (QED) is 0.400. The van der Waals surface area contributed by atoms with Gasteiger partial charge >= 0.3 is 0 Å². The predicted molar refractivity (Wildman–Crippen MR) is 119 cm³/mol. The molecular weight excluding hydrogens is 442 g/mol. The summed E-state index contributed by atoms with van der Waals surface area (Å²) in [5.41, 5.74) is 1.82. The number of hydrogen-bond donors (Lipinski definition) is 2. The lowest BCUT2D eigenvalue weighted by molar-refractivity contribution is -0.384. The molecule has 0 saturated heterocycles. The number of carbonyl (C=O) groups excluding carboxylic acids is 1. The van der Waals surface area contributed by atoms with E-state index in [2.05, 4.69) is 10.0 Å². The molecule has 3 aromatic rings. The van der Waals surface area contributed by atoms with Crippen molar-refractivity contribution >= 4 is 44.6 Å². The van der Waals surface area contributed by atoms with Crippen molar-refractivity contribution in [3.05, 3.63) is 92.5 Å². The lowest BCUT2D eigenvalue weighted by Gasteiger charge is -2.13. The van der Waals surface area contributed by atoms with Crippen molar-refractivity contribution in [2.75, 3.05) is 10.0 Å². The van der Waals surface area contributed by atoms with Crippen molar-refractivity contribution in [3.8, 4) is 0 Å². The van der Waals surface area contributed by atoms with Gasteiger partial charge in [-0.3, -0.25) is 19.6 Å². The summed E-state index contributed by atoms with van der Waals surface area (Å²) in [4.78, 5) is 22.9. The molecule has 31 heavy (non-hydrogen) atoms. The fraction of sp³-hybridized carbons (Fsp3) is 0.0952. The lowest BCUT2D eigenvalue weighted by atomic mass is 10.1. The van der Waals surface area contributed by atoms with Crippen LogP contribution in [0.1, 0.15) is 21.5 Å². The normalized spacial score (nSPS) is 11.1. The van der Waals surface area contributed by atoms with Gasteiger partial charge < -0.3 is 5.32 Å². The molecule has 0 fully saturated rings. The molecule has 0 aliphatic heterocycles. The Morgan fingerprint density at radius 2 is 1.65 bits per heavy atom. The van der Waals surface area contributed by atoms with E-state index in [9.17, 15) is 23.3 Å². The molecule has 3 aromatic carbocycles. The Kier molecular flexibility index (Phi) is 6.28. The van der Waals surface area contributed by atoms with Gasteiger partial charge in [0.25, 0.3) is 21.6 Å². The number of non-ortho nitro benzene ring substituents is 1. The molecule has 2 N–H and O–H groups in total. The SMILES string of the molecule is Cc1ccc([N+](=O)[O-])cc1NC(=O)c1ccc(Cl)c(S(=O)(=O)Nc2ccccc2C)c1. The molecule has 0 radical (unpaired) electrons. The number of benzene rings is 3. The van der Waals surface area contributed by atoms with Crippen LogP contribution in [-0.4, -0.2) is 19.2 Å². The molecule has 3 rings (SSSR count). The van der Waals surface area contributed by atoms with Crippen molar-refractivity contribution in [1.82, 2.24) is 0 Å². The van der Waals surface area contributed by atoms with E-state index in [4.69, 9.17) is 11.6 Å². The van der Waals surface area contributed by atoms with E-state index < -0.39 is 20.9 Å². The maximum absolute atomic E-state index is 12.9. The summed E-state index contributed by atoms with van der Waals surface area (Å²) < 4.78 is 28.2. The van der Waals surface area contributed by atoms with Crippen LogP contribution in [0.2, 0.25) is 5.02 Å². The van der Waals surface area contributed by atoms with E-state index in [0.29, 0.717) is 11.3 Å². The predicted octanol–water partition coefficient (Wildman–Crippen LogP) is 4.92. The van der Waals surface area contributed by atoms with Gasteiger partial charge in [0.1, 0.15) is 4.90 Å². The zero-order chi connectivity index (χ0) is 22.8. The van der Waals surface area contributed by atoms with Gasteiger partial charge in [0.15, 0.2) is 0 Å². The van der Waals surface area contributed by atoms with E-state index >= 15 is 0 Å². The van der Waals surface area contributed by atoms with Gasteiger partial charge in [-0.2, -0.15) is 0 Å². The van der Waals surface area contributed by atoms with Gasteiger partial charge in [0, 0.05) is 17.7 Å². The smallest absolute Gasteiger partial charge is 0.271 e. The molecule has 160 valence electrons. The standard InChI is InChI=1S/C21H18ClN3O5S/c1-13-5-3-4-6-18(13)24-31(29,30)20-11-15(8-10-17(20)22)21(26)23-19-12-16(25(27)28)9-7-14(19)2/h3-12,24H,1-2H3,(H,23,26). The van der Waals surface area contributed by atoms with Crippen LogP contribution in [0, 0.1) is 24.0 Å². The van der Waals surface area contributed by atoms with E-state index in [-0.39, 0.29) is 26.9 Å². The zero-order valence-corrected chi connectivity index (χ0v) is 18.1. The second-order valence-electron chi connectivity index (χ2n) is 6.78. The highest BCUT2D eigenvalue weighted by Crippen LogP contribution is 2.27. The first-order valence-corrected chi connectivity index (χ1v) is 10.9. The zero-order valence-electron chi connectivity index (χ0n) is 16.5. The molecule has 0 bridgehead atoms. The number of nitro benzene ring substituents is 1. The summed E-state index contributed by atoms with van der Waals surface area (Å²) in [6, 6.07) is 14.8. The highest BCUT2D eigenvalue weighted by Gasteiger charge is 2.21. The second kappa shape index (κ2) is 8.75. The van der Waals surface area contributed by atoms with E-state index in [1.54, 1.807) is 38.1 Å².